The molecule has 11 heteroatoms. The van der Waals surface area contributed by atoms with E-state index in [0.717, 1.165) is 5.56 Å². The average Bonchev–Trinajstić information content (AvgIpc) is 3.22. The number of carbonyl (C=O) groups excluding carboxylic acids is 3. The van der Waals surface area contributed by atoms with E-state index in [4.69, 9.17) is 4.74 Å². The summed E-state index contributed by atoms with van der Waals surface area (Å²) in [7, 11) is 0. The van der Waals surface area contributed by atoms with Gasteiger partial charge in [-0.2, -0.15) is 0 Å². The second-order valence-corrected chi connectivity index (χ2v) is 7.91. The lowest BCUT2D eigenvalue weighted by molar-refractivity contribution is -0.135. The molecule has 1 saturated heterocycles. The van der Waals surface area contributed by atoms with Crippen LogP contribution in [0.1, 0.15) is 21.9 Å². The molecule has 0 saturated carbocycles. The molecule has 0 aliphatic carbocycles. The van der Waals surface area contributed by atoms with E-state index in [0.29, 0.717) is 23.9 Å². The summed E-state index contributed by atoms with van der Waals surface area (Å²) in [4.78, 5) is 50.1. The zero-order valence-electron chi connectivity index (χ0n) is 16.9. The second-order valence-electron chi connectivity index (χ2n) is 7.05. The van der Waals surface area contributed by atoms with Gasteiger partial charge in [0, 0.05) is 30.9 Å². The fraction of sp³-hybridized carbons (Fsp3) is 0.238. The number of benzene rings is 1. The quantitative estimate of drug-likeness (QED) is 0.560. The Morgan fingerprint density at radius 2 is 1.84 bits per heavy atom. The number of nitrogens with zero attached hydrogens (tertiary/aromatic N) is 4. The summed E-state index contributed by atoms with van der Waals surface area (Å²) >= 11 is 1.22. The number of rotatable bonds is 7. The van der Waals surface area contributed by atoms with Gasteiger partial charge in [-0.05, 0) is 11.6 Å². The van der Waals surface area contributed by atoms with Gasteiger partial charge >= 0.3 is 6.09 Å². The molecule has 0 radical (unpaired) electrons. The molecule has 4 rings (SSSR count). The van der Waals surface area contributed by atoms with Crippen LogP contribution >= 0.6 is 11.3 Å². The van der Waals surface area contributed by atoms with Crippen molar-refractivity contribution in [2.45, 2.75) is 19.1 Å². The summed E-state index contributed by atoms with van der Waals surface area (Å²) in [6, 6.07) is 10.9. The maximum absolute atomic E-state index is 12.4. The van der Waals surface area contributed by atoms with E-state index >= 15 is 0 Å². The highest BCUT2D eigenvalue weighted by Crippen LogP contribution is 2.18. The van der Waals surface area contributed by atoms with Gasteiger partial charge in [-0.1, -0.05) is 30.3 Å². The maximum Gasteiger partial charge on any atom is 0.407 e. The number of amides is 3. The van der Waals surface area contributed by atoms with E-state index in [2.05, 4.69) is 25.6 Å². The number of alkyl carbamates (subject to hydrolysis) is 1. The van der Waals surface area contributed by atoms with Gasteiger partial charge in [-0.25, -0.2) is 19.7 Å². The van der Waals surface area contributed by atoms with Crippen LogP contribution in [0.5, 0.6) is 0 Å². The van der Waals surface area contributed by atoms with E-state index in [-0.39, 0.29) is 30.8 Å². The lowest BCUT2D eigenvalue weighted by Crippen LogP contribution is -2.61. The van der Waals surface area contributed by atoms with Crippen molar-refractivity contribution in [1.82, 2.24) is 25.2 Å². The molecule has 1 aliphatic heterocycles. The van der Waals surface area contributed by atoms with E-state index < -0.39 is 12.0 Å². The number of hydrogen-bond acceptors (Lipinski definition) is 8. The fourth-order valence-electron chi connectivity index (χ4n) is 2.99. The molecule has 3 amide bonds. The normalized spacial score (nSPS) is 13.2. The third-order valence-corrected chi connectivity index (χ3v) is 5.45. The summed E-state index contributed by atoms with van der Waals surface area (Å²) in [5.74, 6) is -0.523. The molecule has 164 valence electrons. The molecule has 0 bridgehead atoms. The number of aromatic nitrogens is 3. The van der Waals surface area contributed by atoms with E-state index in [1.165, 1.54) is 23.7 Å². The van der Waals surface area contributed by atoms with Gasteiger partial charge in [0.2, 0.25) is 11.7 Å². The van der Waals surface area contributed by atoms with Crippen molar-refractivity contribution < 1.29 is 19.1 Å². The van der Waals surface area contributed by atoms with Crippen LogP contribution in [0, 0.1) is 0 Å². The van der Waals surface area contributed by atoms with Crippen LogP contribution in [-0.2, 0) is 22.6 Å². The van der Waals surface area contributed by atoms with Crippen LogP contribution in [0.2, 0.25) is 0 Å². The van der Waals surface area contributed by atoms with Crippen molar-refractivity contribution in [2.24, 2.45) is 0 Å². The van der Waals surface area contributed by atoms with E-state index in [1.807, 2.05) is 30.3 Å². The number of nitrogens with one attached hydrogen (secondary N) is 2. The highest BCUT2D eigenvalue weighted by Gasteiger charge is 2.32. The van der Waals surface area contributed by atoms with Gasteiger partial charge in [0.15, 0.2) is 5.13 Å². The Hall–Kier alpha value is -3.86. The summed E-state index contributed by atoms with van der Waals surface area (Å²) in [5.41, 5.74) is 1.46. The second kappa shape index (κ2) is 9.96. The Morgan fingerprint density at radius 1 is 1.09 bits per heavy atom. The lowest BCUT2D eigenvalue weighted by atomic mass is 10.1. The number of likely N-dealkylation sites (tertiary alicyclic amines) is 1. The number of ether oxygens (including phenoxy) is 1. The molecule has 2 aromatic heterocycles. The highest BCUT2D eigenvalue weighted by molar-refractivity contribution is 7.14. The van der Waals surface area contributed by atoms with Gasteiger partial charge in [0.05, 0.1) is 18.2 Å². The molecule has 32 heavy (non-hydrogen) atoms. The minimum absolute atomic E-state index is 0.0433. The number of anilines is 1. The predicted octanol–water partition coefficient (Wildman–Crippen LogP) is 1.87. The SMILES string of the molecule is O=C(NC1CN(C(=O)Cc2csc(NC(=O)c3ncccn3)n2)C1)OCc1ccccc1. The average molecular weight is 452 g/mol. The number of hydrogen-bond donors (Lipinski definition) is 2. The molecule has 0 spiro atoms. The standard InChI is InChI=1S/C21H20N6O4S/c28-17(9-15-13-32-20(24-15)26-19(29)18-22-7-4-8-23-18)27-10-16(11-27)25-21(30)31-12-14-5-2-1-3-6-14/h1-8,13,16H,9-12H2,(H,25,30)(H,24,26,29). The molecule has 2 N–H and O–H groups in total. The highest BCUT2D eigenvalue weighted by atomic mass is 32.1. The largest absolute Gasteiger partial charge is 0.445 e. The summed E-state index contributed by atoms with van der Waals surface area (Å²) in [5, 5.41) is 7.46. The monoisotopic (exact) mass is 452 g/mol. The van der Waals surface area contributed by atoms with Gasteiger partial charge in [0.25, 0.3) is 5.91 Å². The molecular formula is C21H20N6O4S. The summed E-state index contributed by atoms with van der Waals surface area (Å²) in [6.45, 7) is 1.03. The first-order valence-corrected chi connectivity index (χ1v) is 10.7. The molecule has 0 unspecified atom stereocenters. The Labute approximate surface area is 187 Å². The molecule has 3 aromatic rings. The van der Waals surface area contributed by atoms with Crippen molar-refractivity contribution in [1.29, 1.82) is 0 Å². The lowest BCUT2D eigenvalue weighted by Gasteiger charge is -2.39. The first kappa shape index (κ1) is 21.4. The predicted molar refractivity (Wildman–Crippen MR) is 116 cm³/mol. The van der Waals surface area contributed by atoms with Crippen molar-refractivity contribution in [2.75, 3.05) is 18.4 Å². The van der Waals surface area contributed by atoms with Crippen molar-refractivity contribution in [3.8, 4) is 0 Å². The van der Waals surface area contributed by atoms with Crippen LogP contribution in [0.25, 0.3) is 0 Å². The van der Waals surface area contributed by atoms with Gasteiger partial charge in [-0.15, -0.1) is 11.3 Å². The van der Waals surface area contributed by atoms with Crippen LogP contribution in [-0.4, -0.2) is 56.9 Å². The van der Waals surface area contributed by atoms with Crippen molar-refractivity contribution in [3.05, 3.63) is 71.3 Å². The van der Waals surface area contributed by atoms with Crippen LogP contribution in [0.3, 0.4) is 0 Å². The first-order chi connectivity index (χ1) is 15.6. The Balaban J connectivity index is 1.17. The molecule has 3 heterocycles. The Kier molecular flexibility index (Phi) is 6.66. The minimum atomic E-state index is -0.506. The first-order valence-electron chi connectivity index (χ1n) is 9.84. The van der Waals surface area contributed by atoms with Crippen molar-refractivity contribution in [3.63, 3.8) is 0 Å². The Morgan fingerprint density at radius 3 is 2.59 bits per heavy atom. The molecule has 1 fully saturated rings. The summed E-state index contributed by atoms with van der Waals surface area (Å²) in [6.07, 6.45) is 2.56. The van der Waals surface area contributed by atoms with Crippen LogP contribution < -0.4 is 10.6 Å². The molecule has 0 atom stereocenters. The zero-order valence-corrected chi connectivity index (χ0v) is 17.7. The van der Waals surface area contributed by atoms with Crippen LogP contribution in [0.15, 0.2) is 54.2 Å². The number of thiazole rings is 1. The molecule has 1 aliphatic rings. The van der Waals surface area contributed by atoms with Gasteiger partial charge < -0.3 is 15.0 Å². The number of carbonyl (C=O) groups is 3. The molecule has 1 aromatic carbocycles. The van der Waals surface area contributed by atoms with Crippen LogP contribution in [0.4, 0.5) is 9.93 Å². The van der Waals surface area contributed by atoms with Crippen molar-refractivity contribution >= 4 is 34.4 Å². The van der Waals surface area contributed by atoms with Gasteiger partial charge in [-0.3, -0.25) is 14.9 Å². The third-order valence-electron chi connectivity index (χ3n) is 4.64. The smallest absolute Gasteiger partial charge is 0.407 e. The fourth-order valence-corrected chi connectivity index (χ4v) is 3.69. The van der Waals surface area contributed by atoms with E-state index in [9.17, 15) is 14.4 Å². The summed E-state index contributed by atoms with van der Waals surface area (Å²) < 4.78 is 5.19. The molecular weight excluding hydrogens is 432 g/mol. The molecule has 10 nitrogen and oxygen atoms in total. The third kappa shape index (κ3) is 5.64. The van der Waals surface area contributed by atoms with E-state index in [1.54, 1.807) is 16.3 Å². The minimum Gasteiger partial charge on any atom is -0.445 e. The zero-order chi connectivity index (χ0) is 22.3. The van der Waals surface area contributed by atoms with Gasteiger partial charge in [0.1, 0.15) is 6.61 Å². The Bertz CT molecular complexity index is 1090. The maximum atomic E-state index is 12.4. The topological polar surface area (TPSA) is 126 Å².